The number of aromatic nitrogens is 3. The quantitative estimate of drug-likeness (QED) is 0.173. The third-order valence-corrected chi connectivity index (χ3v) is 16.6. The first-order valence-corrected chi connectivity index (χ1v) is 23.9. The molecule has 2 aromatic heterocycles. The molecule has 3 saturated heterocycles. The molecule has 6 aromatic rings. The van der Waals surface area contributed by atoms with Crippen LogP contribution in [0, 0.1) is 32.1 Å². The van der Waals surface area contributed by atoms with Crippen LogP contribution in [0.3, 0.4) is 0 Å². The predicted octanol–water partition coefficient (Wildman–Crippen LogP) is 10.6. The Morgan fingerprint density at radius 3 is 2.21 bits per heavy atom. The number of nitrogens with zero attached hydrogens (tertiary/aromatic N) is 7. The normalized spacial score (nSPS) is 22.4. The first-order valence-electron chi connectivity index (χ1n) is 23.1. The standard InChI is InChI=1S/C53H59N7OS/c1-34-36(3)62-52-48(34)50(54-35(2)51-56-55-37(4)60(51)52)41-12-17-44(18-13-41)59-32-53(33-59)24-28-57(29-25-53)31-38-22-26-58(27-23-38)43-15-10-40(11-16-43)49-46(39-8-6-5-7-9-39)20-14-42-30-45(61)19-21-47(42)49/h5-13,15-19,21,30,35,38,46,49,61H,14,20,22-29,31-33H2,1-4H3/t35-,46-,49+/m0/s1. The zero-order valence-electron chi connectivity index (χ0n) is 36.7. The topological polar surface area (TPSA) is 73.0 Å². The number of thiophene rings is 1. The van der Waals surface area contributed by atoms with E-state index in [4.69, 9.17) is 4.99 Å². The van der Waals surface area contributed by atoms with Crippen molar-refractivity contribution in [3.05, 3.63) is 153 Å². The lowest BCUT2D eigenvalue weighted by Gasteiger charge is -2.55. The number of aryl methyl sites for hydroxylation is 3. The van der Waals surface area contributed by atoms with E-state index in [0.29, 0.717) is 17.1 Å². The summed E-state index contributed by atoms with van der Waals surface area (Å²) in [6.07, 6.45) is 7.24. The van der Waals surface area contributed by atoms with E-state index in [1.54, 1.807) is 0 Å². The largest absolute Gasteiger partial charge is 0.508 e. The van der Waals surface area contributed by atoms with Crippen molar-refractivity contribution in [3.63, 3.8) is 0 Å². The molecule has 62 heavy (non-hydrogen) atoms. The minimum absolute atomic E-state index is 0.0680. The van der Waals surface area contributed by atoms with Gasteiger partial charge in [-0.1, -0.05) is 60.7 Å². The van der Waals surface area contributed by atoms with Crippen LogP contribution in [0.25, 0.3) is 5.00 Å². The predicted molar refractivity (Wildman–Crippen MR) is 253 cm³/mol. The Hall–Kier alpha value is -5.25. The molecule has 4 aliphatic heterocycles. The van der Waals surface area contributed by atoms with Crippen molar-refractivity contribution < 1.29 is 5.11 Å². The summed E-state index contributed by atoms with van der Waals surface area (Å²) < 4.78 is 2.22. The van der Waals surface area contributed by atoms with Crippen molar-refractivity contribution in [1.29, 1.82) is 0 Å². The molecule has 0 radical (unpaired) electrons. The van der Waals surface area contributed by atoms with Crippen LogP contribution in [0.1, 0.15) is 112 Å². The molecule has 0 amide bonds. The Morgan fingerprint density at radius 2 is 1.47 bits per heavy atom. The van der Waals surface area contributed by atoms with Crippen molar-refractivity contribution in [2.75, 3.05) is 55.6 Å². The van der Waals surface area contributed by atoms with Crippen LogP contribution in [0.15, 0.2) is 102 Å². The summed E-state index contributed by atoms with van der Waals surface area (Å²) in [5.41, 5.74) is 13.3. The number of fused-ring (bicyclic) bond motifs is 4. The summed E-state index contributed by atoms with van der Waals surface area (Å²) in [5.74, 6) is 3.70. The fourth-order valence-corrected chi connectivity index (χ4v) is 12.9. The van der Waals surface area contributed by atoms with Crippen LogP contribution in [-0.4, -0.2) is 76.3 Å². The van der Waals surface area contributed by atoms with Crippen molar-refractivity contribution in [2.45, 2.75) is 84.1 Å². The van der Waals surface area contributed by atoms with Gasteiger partial charge in [0, 0.05) is 71.4 Å². The second kappa shape index (κ2) is 15.8. The van der Waals surface area contributed by atoms with Crippen LogP contribution >= 0.6 is 11.3 Å². The lowest BCUT2D eigenvalue weighted by molar-refractivity contribution is 0.0648. The molecule has 6 heterocycles. The van der Waals surface area contributed by atoms with Gasteiger partial charge in [0.2, 0.25) is 0 Å². The lowest BCUT2D eigenvalue weighted by atomic mass is 9.69. The molecule has 8 nitrogen and oxygen atoms in total. The number of phenolic OH excluding ortho intramolecular Hbond substituents is 1. The van der Waals surface area contributed by atoms with E-state index in [2.05, 4.69) is 135 Å². The van der Waals surface area contributed by atoms with Gasteiger partial charge in [-0.25, -0.2) is 0 Å². The van der Waals surface area contributed by atoms with Gasteiger partial charge in [-0.15, -0.1) is 21.5 Å². The van der Waals surface area contributed by atoms with Gasteiger partial charge in [0.05, 0.1) is 5.71 Å². The number of anilines is 2. The molecule has 0 unspecified atom stereocenters. The fraction of sp³-hybridized carbons (Fsp3) is 0.415. The molecule has 1 spiro atoms. The Bertz CT molecular complexity index is 2600. The molecule has 318 valence electrons. The summed E-state index contributed by atoms with van der Waals surface area (Å²) >= 11 is 1.82. The molecule has 1 aliphatic carbocycles. The Balaban J connectivity index is 0.678. The molecule has 4 aromatic carbocycles. The molecule has 0 bridgehead atoms. The molecular formula is C53H59N7OS. The zero-order valence-corrected chi connectivity index (χ0v) is 37.5. The van der Waals surface area contributed by atoms with Crippen LogP contribution in [0.5, 0.6) is 5.75 Å². The van der Waals surface area contributed by atoms with E-state index in [-0.39, 0.29) is 12.0 Å². The highest BCUT2D eigenvalue weighted by atomic mass is 32.1. The maximum absolute atomic E-state index is 10.3. The van der Waals surface area contributed by atoms with Crippen LogP contribution in [-0.2, 0) is 6.42 Å². The summed E-state index contributed by atoms with van der Waals surface area (Å²) in [6, 6.07) is 35.7. The monoisotopic (exact) mass is 841 g/mol. The minimum atomic E-state index is -0.0680. The number of aromatic hydroxyl groups is 1. The highest BCUT2D eigenvalue weighted by Gasteiger charge is 2.45. The number of benzene rings is 4. The highest BCUT2D eigenvalue weighted by Crippen LogP contribution is 2.48. The summed E-state index contributed by atoms with van der Waals surface area (Å²) in [4.78, 5) is 14.6. The van der Waals surface area contributed by atoms with Crippen molar-refractivity contribution in [2.24, 2.45) is 16.3 Å². The van der Waals surface area contributed by atoms with Crippen molar-refractivity contribution >= 4 is 28.4 Å². The van der Waals surface area contributed by atoms with Gasteiger partial charge in [0.15, 0.2) is 5.82 Å². The van der Waals surface area contributed by atoms with Gasteiger partial charge in [-0.3, -0.25) is 9.56 Å². The van der Waals surface area contributed by atoms with Crippen molar-refractivity contribution in [3.8, 4) is 10.8 Å². The second-order valence-corrected chi connectivity index (χ2v) is 20.4. The molecule has 11 rings (SSSR count). The van der Waals surface area contributed by atoms with E-state index >= 15 is 0 Å². The maximum Gasteiger partial charge on any atom is 0.162 e. The molecule has 5 aliphatic rings. The van der Waals surface area contributed by atoms with E-state index in [0.717, 1.165) is 49.2 Å². The SMILES string of the molecule is Cc1sc2c(c1C)C(c1ccc(N3CC4(CCN(CC5CCN(c6ccc([C@H]7c8ccc(O)cc8CC[C@H]7c7ccccc7)cc6)CC5)CC4)C3)cc1)=N[C@@H](C)c1nnc(C)n1-2. The third kappa shape index (κ3) is 7.05. The van der Waals surface area contributed by atoms with Crippen molar-refractivity contribution in [1.82, 2.24) is 19.7 Å². The smallest absolute Gasteiger partial charge is 0.162 e. The first-order chi connectivity index (χ1) is 30.2. The van der Waals surface area contributed by atoms with E-state index < -0.39 is 0 Å². The van der Waals surface area contributed by atoms with Gasteiger partial charge in [-0.05, 0) is 155 Å². The first kappa shape index (κ1) is 39.6. The number of hydrogen-bond acceptors (Lipinski definition) is 8. The molecule has 0 saturated carbocycles. The maximum atomic E-state index is 10.3. The Labute approximate surface area is 371 Å². The Kier molecular flexibility index (Phi) is 10.1. The number of hydrogen-bond donors (Lipinski definition) is 1. The molecule has 3 fully saturated rings. The Morgan fingerprint density at radius 1 is 0.758 bits per heavy atom. The summed E-state index contributed by atoms with van der Waals surface area (Å²) in [5, 5.41) is 20.4. The van der Waals surface area contributed by atoms with E-state index in [1.807, 2.05) is 30.4 Å². The third-order valence-electron chi connectivity index (χ3n) is 15.4. The fourth-order valence-electron chi connectivity index (χ4n) is 11.7. The molecule has 9 heteroatoms. The number of aliphatic imine (C=N–C) groups is 1. The van der Waals surface area contributed by atoms with Crippen LogP contribution < -0.4 is 9.80 Å². The van der Waals surface area contributed by atoms with Gasteiger partial charge in [0.25, 0.3) is 0 Å². The van der Waals surface area contributed by atoms with Crippen LogP contribution in [0.2, 0.25) is 0 Å². The summed E-state index contributed by atoms with van der Waals surface area (Å²) in [6.45, 7) is 16.9. The molecule has 3 atom stereocenters. The second-order valence-electron chi connectivity index (χ2n) is 19.2. The average molecular weight is 842 g/mol. The number of phenols is 1. The lowest BCUT2D eigenvalue weighted by Crippen LogP contribution is -2.60. The number of likely N-dealkylation sites (tertiary alicyclic amines) is 1. The van der Waals surface area contributed by atoms with E-state index in [9.17, 15) is 5.11 Å². The zero-order chi connectivity index (χ0) is 42.1. The molecular weight excluding hydrogens is 783 g/mol. The summed E-state index contributed by atoms with van der Waals surface area (Å²) in [7, 11) is 0. The van der Waals surface area contributed by atoms with Crippen LogP contribution in [0.4, 0.5) is 11.4 Å². The average Bonchev–Trinajstić information content (AvgIpc) is 3.78. The van der Waals surface area contributed by atoms with Gasteiger partial charge < -0.3 is 19.8 Å². The highest BCUT2D eigenvalue weighted by molar-refractivity contribution is 7.15. The van der Waals surface area contributed by atoms with Gasteiger partial charge in [0.1, 0.15) is 22.6 Å². The van der Waals surface area contributed by atoms with Gasteiger partial charge in [-0.2, -0.15) is 0 Å². The van der Waals surface area contributed by atoms with Gasteiger partial charge >= 0.3 is 0 Å². The molecule has 1 N–H and O–H groups in total. The minimum Gasteiger partial charge on any atom is -0.508 e. The number of rotatable bonds is 7. The number of piperidine rings is 2. The van der Waals surface area contributed by atoms with E-state index in [1.165, 1.54) is 119 Å².